The normalized spacial score (nSPS) is 18.4. The van der Waals surface area contributed by atoms with Gasteiger partial charge >= 0.3 is 11.6 Å². The van der Waals surface area contributed by atoms with E-state index in [9.17, 15) is 19.4 Å². The molecule has 37 heavy (non-hydrogen) atoms. The second-order valence-corrected chi connectivity index (χ2v) is 9.79. The molecule has 0 amide bonds. The summed E-state index contributed by atoms with van der Waals surface area (Å²) in [4.78, 5) is 24.6. The molecule has 2 aromatic carbocycles. The number of fused-ring (bicyclic) bond motifs is 2. The van der Waals surface area contributed by atoms with Crippen LogP contribution in [-0.4, -0.2) is 45.5 Å². The number of aliphatic hydroxyl groups excluding tert-OH is 1. The van der Waals surface area contributed by atoms with Crippen LogP contribution in [0, 0.1) is 25.1 Å². The minimum Gasteiger partial charge on any atom is -0.508 e. The number of phenolic OH excluding ortho intramolecular Hbond substituents is 1. The van der Waals surface area contributed by atoms with E-state index in [2.05, 4.69) is 15.9 Å². The zero-order valence-electron chi connectivity index (χ0n) is 20.3. The molecule has 2 aliphatic rings. The molecule has 0 radical (unpaired) electrons. The van der Waals surface area contributed by atoms with Crippen LogP contribution in [0.4, 0.5) is 10.2 Å². The van der Waals surface area contributed by atoms with Crippen LogP contribution in [0.25, 0.3) is 33.0 Å². The van der Waals surface area contributed by atoms with Gasteiger partial charge in [0.25, 0.3) is 0 Å². The first-order valence-corrected chi connectivity index (χ1v) is 12.0. The molecule has 1 saturated heterocycles. The number of methoxy groups -OCH3 is 1. The second-order valence-electron chi connectivity index (χ2n) is 9.79. The minimum absolute atomic E-state index is 0.00594. The molecule has 1 aliphatic heterocycles. The fraction of sp³-hybridized carbons (Fsp3) is 0.321. The summed E-state index contributed by atoms with van der Waals surface area (Å²) in [6.07, 6.45) is 8.44. The van der Waals surface area contributed by atoms with Gasteiger partial charge in [-0.1, -0.05) is 12.0 Å². The maximum absolute atomic E-state index is 14.7. The first-order chi connectivity index (χ1) is 17.8. The highest BCUT2D eigenvalue weighted by Gasteiger charge is 2.52. The maximum atomic E-state index is 14.7. The van der Waals surface area contributed by atoms with Crippen LogP contribution in [0.1, 0.15) is 36.8 Å². The van der Waals surface area contributed by atoms with Crippen LogP contribution in [0.15, 0.2) is 33.5 Å². The number of β-amino-alcohol motifs (C(OH)–C–C–N with tert-alkyl or cyclic N) is 1. The first kappa shape index (κ1) is 23.3. The lowest BCUT2D eigenvalue weighted by molar-refractivity contribution is 0.138. The molecule has 1 atom stereocenters. The predicted octanol–water partition coefficient (Wildman–Crippen LogP) is 4.04. The average molecular weight is 502 g/mol. The highest BCUT2D eigenvalue weighted by Crippen LogP contribution is 2.51. The van der Waals surface area contributed by atoms with Crippen LogP contribution < -0.4 is 15.3 Å². The number of anilines is 1. The fourth-order valence-electron chi connectivity index (χ4n) is 5.55. The van der Waals surface area contributed by atoms with E-state index in [1.54, 1.807) is 6.92 Å². The molecular weight excluding hydrogens is 477 g/mol. The Morgan fingerprint density at radius 2 is 2.03 bits per heavy atom. The molecule has 6 rings (SSSR count). The summed E-state index contributed by atoms with van der Waals surface area (Å²) < 4.78 is 25.9. The van der Waals surface area contributed by atoms with Gasteiger partial charge in [-0.25, -0.2) is 9.18 Å². The van der Waals surface area contributed by atoms with Crippen molar-refractivity contribution in [1.82, 2.24) is 9.97 Å². The number of benzene rings is 2. The summed E-state index contributed by atoms with van der Waals surface area (Å²) in [5, 5.41) is 21.9. The van der Waals surface area contributed by atoms with E-state index in [0.29, 0.717) is 40.6 Å². The van der Waals surface area contributed by atoms with E-state index in [4.69, 9.17) is 15.6 Å². The molecule has 2 aromatic heterocycles. The van der Waals surface area contributed by atoms with Crippen molar-refractivity contribution in [2.75, 3.05) is 18.6 Å². The monoisotopic (exact) mass is 501 g/mol. The van der Waals surface area contributed by atoms with Crippen molar-refractivity contribution in [1.29, 1.82) is 0 Å². The Bertz CT molecular complexity index is 1700. The zero-order valence-corrected chi connectivity index (χ0v) is 20.3. The van der Waals surface area contributed by atoms with Gasteiger partial charge in [0.1, 0.15) is 22.7 Å². The smallest absolute Gasteiger partial charge is 0.349 e. The number of phenols is 1. The van der Waals surface area contributed by atoms with Crippen molar-refractivity contribution in [2.24, 2.45) is 0 Å². The zero-order chi connectivity index (χ0) is 26.1. The van der Waals surface area contributed by atoms with E-state index in [1.807, 2.05) is 4.90 Å². The van der Waals surface area contributed by atoms with Crippen LogP contribution in [-0.2, 0) is 0 Å². The summed E-state index contributed by atoms with van der Waals surface area (Å²) in [5.41, 5.74) is 0.181. The summed E-state index contributed by atoms with van der Waals surface area (Å²) >= 11 is 0. The van der Waals surface area contributed by atoms with Gasteiger partial charge in [-0.3, -0.25) is 0 Å². The highest BCUT2D eigenvalue weighted by molar-refractivity contribution is 6.03. The Morgan fingerprint density at radius 1 is 1.24 bits per heavy atom. The van der Waals surface area contributed by atoms with Gasteiger partial charge in [-0.05, 0) is 56.2 Å². The molecule has 1 unspecified atom stereocenters. The Balaban J connectivity index is 1.67. The molecule has 188 valence electrons. The summed E-state index contributed by atoms with van der Waals surface area (Å²) in [5.74, 6) is 2.14. The second kappa shape index (κ2) is 8.18. The van der Waals surface area contributed by atoms with Crippen LogP contribution >= 0.6 is 0 Å². The quantitative estimate of drug-likeness (QED) is 0.405. The predicted molar refractivity (Wildman–Crippen MR) is 136 cm³/mol. The standard InChI is InChI=1S/C28H24FN3O5/c1-4-18-20(29)6-5-15-11-17(34)12-19(21(15)18)24-14(2)23-22(26(35)37-24)25(31-27(30-23)36-3)32-13-16(33)7-8-28(32)9-10-28/h1,5-6,11-12,16,33-34H,7-10,13H2,2-3H3. The number of rotatable bonds is 3. The third-order valence-corrected chi connectivity index (χ3v) is 7.58. The number of hydrogen-bond acceptors (Lipinski definition) is 8. The first-order valence-electron chi connectivity index (χ1n) is 12.0. The number of aryl methyl sites for hydroxylation is 1. The van der Waals surface area contributed by atoms with Gasteiger partial charge in [-0.2, -0.15) is 9.97 Å². The molecule has 2 N–H and O–H groups in total. The molecule has 2 fully saturated rings. The van der Waals surface area contributed by atoms with Crippen LogP contribution in [0.5, 0.6) is 11.8 Å². The molecule has 4 aromatic rings. The maximum Gasteiger partial charge on any atom is 0.349 e. The molecular formula is C28H24FN3O5. The van der Waals surface area contributed by atoms with Crippen molar-refractivity contribution < 1.29 is 23.8 Å². The fourth-order valence-corrected chi connectivity index (χ4v) is 5.55. The SMILES string of the molecule is C#Cc1c(F)ccc2cc(O)cc(-c3oc(=O)c4c(N5CC(O)CCC56CC6)nc(OC)nc4c3C)c12. The Kier molecular flexibility index (Phi) is 5.14. The summed E-state index contributed by atoms with van der Waals surface area (Å²) in [6, 6.07) is 5.65. The molecule has 9 heteroatoms. The van der Waals surface area contributed by atoms with Gasteiger partial charge in [0.15, 0.2) is 5.82 Å². The number of ether oxygens (including phenoxy) is 1. The molecule has 1 aliphatic carbocycles. The van der Waals surface area contributed by atoms with Crippen LogP contribution in [0.2, 0.25) is 0 Å². The van der Waals surface area contributed by atoms with Gasteiger partial charge in [0.05, 0.1) is 24.3 Å². The lowest BCUT2D eigenvalue weighted by Gasteiger charge is -2.39. The van der Waals surface area contributed by atoms with Crippen molar-refractivity contribution in [3.63, 3.8) is 0 Å². The molecule has 0 bridgehead atoms. The van der Waals surface area contributed by atoms with Gasteiger partial charge in [0, 0.05) is 28.6 Å². The number of aromatic nitrogens is 2. The largest absolute Gasteiger partial charge is 0.508 e. The molecule has 1 saturated carbocycles. The number of aliphatic hydroxyl groups is 1. The van der Waals surface area contributed by atoms with Crippen molar-refractivity contribution in [2.45, 2.75) is 44.2 Å². The van der Waals surface area contributed by atoms with E-state index in [-0.39, 0.29) is 39.6 Å². The summed E-state index contributed by atoms with van der Waals surface area (Å²) in [6.45, 7) is 2.05. The third-order valence-electron chi connectivity index (χ3n) is 7.58. The van der Waals surface area contributed by atoms with Gasteiger partial charge in [-0.15, -0.1) is 6.42 Å². The van der Waals surface area contributed by atoms with Crippen molar-refractivity contribution >= 4 is 27.5 Å². The molecule has 8 nitrogen and oxygen atoms in total. The number of halogens is 1. The minimum atomic E-state index is -0.695. The Morgan fingerprint density at radius 3 is 2.73 bits per heavy atom. The number of terminal acetylenes is 1. The lowest BCUT2D eigenvalue weighted by Crippen LogP contribution is -2.48. The highest BCUT2D eigenvalue weighted by atomic mass is 19.1. The number of piperidine rings is 1. The van der Waals surface area contributed by atoms with Gasteiger partial charge < -0.3 is 24.3 Å². The van der Waals surface area contributed by atoms with E-state index in [1.165, 1.54) is 31.4 Å². The lowest BCUT2D eigenvalue weighted by atomic mass is 9.94. The number of nitrogens with zero attached hydrogens (tertiary/aromatic N) is 3. The Hall–Kier alpha value is -4.16. The van der Waals surface area contributed by atoms with E-state index in [0.717, 1.165) is 19.3 Å². The average Bonchev–Trinajstić information content (AvgIpc) is 3.66. The van der Waals surface area contributed by atoms with Crippen LogP contribution in [0.3, 0.4) is 0 Å². The van der Waals surface area contributed by atoms with Crippen molar-refractivity contribution in [3.8, 4) is 35.4 Å². The summed E-state index contributed by atoms with van der Waals surface area (Å²) in [7, 11) is 1.44. The molecule has 1 spiro atoms. The third kappa shape index (κ3) is 3.51. The van der Waals surface area contributed by atoms with E-state index < -0.39 is 17.5 Å². The topological polar surface area (TPSA) is 109 Å². The number of aromatic hydroxyl groups is 1. The van der Waals surface area contributed by atoms with E-state index >= 15 is 0 Å². The van der Waals surface area contributed by atoms with Gasteiger partial charge in [0.2, 0.25) is 0 Å². The number of hydrogen-bond donors (Lipinski definition) is 2. The Labute approximate surface area is 211 Å². The van der Waals surface area contributed by atoms with Crippen molar-refractivity contribution in [3.05, 3.63) is 51.6 Å². The molecule has 3 heterocycles.